The second-order valence-electron chi connectivity index (χ2n) is 14.2. The second kappa shape index (κ2) is 17.6. The lowest BCUT2D eigenvalue weighted by Gasteiger charge is -2.38. The van der Waals surface area contributed by atoms with E-state index in [1.54, 1.807) is 32.9 Å². The van der Waals surface area contributed by atoms with E-state index in [-0.39, 0.29) is 50.4 Å². The van der Waals surface area contributed by atoms with Crippen LogP contribution in [0.3, 0.4) is 0 Å². The summed E-state index contributed by atoms with van der Waals surface area (Å²) in [6.45, 7) is 4.91. The highest BCUT2D eigenvalue weighted by atomic mass is 32.2. The fourth-order valence-corrected chi connectivity index (χ4v) is 6.79. The van der Waals surface area contributed by atoms with E-state index in [0.29, 0.717) is 18.4 Å². The summed E-state index contributed by atoms with van der Waals surface area (Å²) < 4.78 is 34.5. The van der Waals surface area contributed by atoms with Crippen LogP contribution < -0.4 is 21.7 Å². The summed E-state index contributed by atoms with van der Waals surface area (Å²) in [5, 5.41) is 7.96. The average molecular weight is 757 g/mol. The number of nitrogens with two attached hydrogens (primary N) is 1. The largest absolute Gasteiger partial charge is 0.445 e. The molecule has 0 saturated carbocycles. The number of rotatable bonds is 12. The number of amides is 6. The van der Waals surface area contributed by atoms with Gasteiger partial charge in [-0.2, -0.15) is 0 Å². The van der Waals surface area contributed by atoms with E-state index in [1.807, 2.05) is 30.3 Å². The van der Waals surface area contributed by atoms with Crippen molar-refractivity contribution in [3.63, 3.8) is 0 Å². The molecule has 6 amide bonds. The summed E-state index contributed by atoms with van der Waals surface area (Å²) >= 11 is 0. The number of nitrogens with one attached hydrogen (secondary N) is 3. The van der Waals surface area contributed by atoms with E-state index in [0.717, 1.165) is 11.8 Å². The molecule has 4 rings (SSSR count). The summed E-state index contributed by atoms with van der Waals surface area (Å²) in [5.41, 5.74) is 5.83. The van der Waals surface area contributed by atoms with Gasteiger partial charge < -0.3 is 41.0 Å². The number of carbonyl (C=O) groups excluding carboxylic acids is 6. The summed E-state index contributed by atoms with van der Waals surface area (Å²) in [6.07, 6.45) is 0.141. The maximum absolute atomic E-state index is 14.2. The first-order valence-corrected chi connectivity index (χ1v) is 19.2. The zero-order valence-electron chi connectivity index (χ0n) is 30.3. The Hall–Kier alpha value is -5.19. The summed E-state index contributed by atoms with van der Waals surface area (Å²) in [6, 6.07) is 11.0. The number of hydrogen-bond acceptors (Lipinski definition) is 10. The van der Waals surface area contributed by atoms with E-state index in [4.69, 9.17) is 15.2 Å². The van der Waals surface area contributed by atoms with Crippen molar-refractivity contribution in [2.75, 3.05) is 19.3 Å². The predicted octanol–water partition coefficient (Wildman–Crippen LogP) is 1.75. The van der Waals surface area contributed by atoms with Crippen LogP contribution in [0.5, 0.6) is 0 Å². The number of ether oxygens (including phenoxy) is 2. The Morgan fingerprint density at radius 3 is 2.26 bits per heavy atom. The number of alkyl carbamates (subject to hydrolysis) is 1. The topological polar surface area (TPSA) is 224 Å². The highest BCUT2D eigenvalue weighted by Crippen LogP contribution is 2.30. The average Bonchev–Trinajstić information content (AvgIpc) is 3.51. The van der Waals surface area contributed by atoms with Gasteiger partial charge in [0.2, 0.25) is 23.6 Å². The van der Waals surface area contributed by atoms with Gasteiger partial charge in [0.15, 0.2) is 9.84 Å². The molecule has 2 saturated heterocycles. The first-order chi connectivity index (χ1) is 24.9. The van der Waals surface area contributed by atoms with Gasteiger partial charge in [-0.15, -0.1) is 0 Å². The maximum Gasteiger partial charge on any atom is 0.410 e. The lowest BCUT2D eigenvalue weighted by molar-refractivity contribution is -0.144. The fourth-order valence-electron chi connectivity index (χ4n) is 6.16. The molecule has 4 atom stereocenters. The van der Waals surface area contributed by atoms with Crippen LogP contribution in [0.2, 0.25) is 0 Å². The summed E-state index contributed by atoms with van der Waals surface area (Å²) in [7, 11) is -3.41. The van der Waals surface area contributed by atoms with Crippen LogP contribution in [0.25, 0.3) is 0 Å². The molecule has 2 aliphatic heterocycles. The summed E-state index contributed by atoms with van der Waals surface area (Å²) in [4.78, 5) is 82.1. The van der Waals surface area contributed by atoms with Gasteiger partial charge in [0, 0.05) is 31.8 Å². The molecule has 0 spiro atoms. The molecule has 16 nitrogen and oxygen atoms in total. The number of nitrogens with zero attached hydrogens (tertiary/aromatic N) is 2. The standard InChI is InChI=1S/C36H48N6O10S/c1-36(2,3)52-34(47)40-28-21-41(35(48)51-22-24-8-6-5-7-9-24)19-18-25-12-16-29(42(25)33(28)46)32(45)39-27(15-17-30(37)43)31(44)38-20-23-10-13-26(14-11-23)53(4,49)50/h5-11,13-14,25,27-29H,12,15-22H2,1-4H3,(H2,37,43)(H,38,44)(H,39,45)(H,40,47)/t25-,27?,28+,29+/m1/s1. The van der Waals surface area contributed by atoms with E-state index in [2.05, 4.69) is 16.0 Å². The van der Waals surface area contributed by atoms with Crippen molar-refractivity contribution < 1.29 is 46.7 Å². The fraction of sp³-hybridized carbons (Fsp3) is 0.500. The number of primary amides is 1. The zero-order chi connectivity index (χ0) is 38.9. The van der Waals surface area contributed by atoms with Crippen molar-refractivity contribution in [1.82, 2.24) is 25.8 Å². The smallest absolute Gasteiger partial charge is 0.410 e. The molecule has 2 aromatic carbocycles. The predicted molar refractivity (Wildman–Crippen MR) is 191 cm³/mol. The molecule has 0 aromatic heterocycles. The molecule has 0 radical (unpaired) electrons. The Bertz CT molecular complexity index is 1760. The highest BCUT2D eigenvalue weighted by Gasteiger charge is 2.46. The molecule has 0 aliphatic carbocycles. The normalized spacial score (nSPS) is 19.5. The van der Waals surface area contributed by atoms with Crippen molar-refractivity contribution in [1.29, 1.82) is 0 Å². The van der Waals surface area contributed by atoms with Gasteiger partial charge in [0.05, 0.1) is 11.4 Å². The molecule has 2 heterocycles. The number of sulfone groups is 1. The van der Waals surface area contributed by atoms with E-state index in [9.17, 15) is 37.2 Å². The Morgan fingerprint density at radius 2 is 1.64 bits per heavy atom. The molecule has 0 bridgehead atoms. The lowest BCUT2D eigenvalue weighted by Crippen LogP contribution is -2.62. The van der Waals surface area contributed by atoms with E-state index < -0.39 is 75.4 Å². The Balaban J connectivity index is 1.49. The maximum atomic E-state index is 14.2. The molecular weight excluding hydrogens is 708 g/mol. The van der Waals surface area contributed by atoms with Gasteiger partial charge in [0.25, 0.3) is 0 Å². The third-order valence-corrected chi connectivity index (χ3v) is 9.91. The monoisotopic (exact) mass is 756 g/mol. The van der Waals surface area contributed by atoms with Gasteiger partial charge in [-0.25, -0.2) is 18.0 Å². The highest BCUT2D eigenvalue weighted by molar-refractivity contribution is 7.90. The van der Waals surface area contributed by atoms with E-state index in [1.165, 1.54) is 21.9 Å². The molecule has 2 aromatic rings. The minimum absolute atomic E-state index is 0.00420. The Morgan fingerprint density at radius 1 is 0.962 bits per heavy atom. The van der Waals surface area contributed by atoms with Crippen LogP contribution in [0.4, 0.5) is 9.59 Å². The Kier molecular flexibility index (Phi) is 13.4. The SMILES string of the molecule is CC(C)(C)OC(=O)N[C@H]1CN(C(=O)OCc2ccccc2)CC[C@H]2CC[C@@H](C(=O)NC(CCC(N)=O)C(=O)NCc3ccc(S(C)(=O)=O)cc3)N2C1=O. The lowest BCUT2D eigenvalue weighted by atomic mass is 10.1. The van der Waals surface area contributed by atoms with Crippen molar-refractivity contribution in [3.8, 4) is 0 Å². The van der Waals surface area contributed by atoms with E-state index >= 15 is 0 Å². The molecule has 17 heteroatoms. The second-order valence-corrected chi connectivity index (χ2v) is 16.2. The van der Waals surface area contributed by atoms with Crippen molar-refractivity contribution >= 4 is 45.7 Å². The minimum atomic E-state index is -3.41. The number of fused-ring (bicyclic) bond motifs is 1. The van der Waals surface area contributed by atoms with Crippen molar-refractivity contribution in [2.24, 2.45) is 5.73 Å². The van der Waals surface area contributed by atoms with Gasteiger partial charge >= 0.3 is 12.2 Å². The molecule has 2 aliphatic rings. The minimum Gasteiger partial charge on any atom is -0.445 e. The number of carbonyl (C=O) groups is 6. The van der Waals surface area contributed by atoms with Crippen molar-refractivity contribution in [3.05, 3.63) is 65.7 Å². The molecular formula is C36H48N6O10S. The quantitative estimate of drug-likeness (QED) is 0.246. The van der Waals surface area contributed by atoms with Crippen molar-refractivity contribution in [2.45, 2.75) is 101 Å². The molecule has 1 unspecified atom stereocenters. The van der Waals surface area contributed by atoms with Gasteiger partial charge in [0.1, 0.15) is 30.3 Å². The van der Waals surface area contributed by atoms with Crippen LogP contribution in [0, 0.1) is 0 Å². The number of benzene rings is 2. The summed E-state index contributed by atoms with van der Waals surface area (Å²) in [5.74, 6) is -2.56. The first kappa shape index (κ1) is 40.6. The molecule has 288 valence electrons. The van der Waals surface area contributed by atoms with Crippen LogP contribution in [-0.2, 0) is 51.6 Å². The van der Waals surface area contributed by atoms with Gasteiger partial charge in [-0.05, 0) is 69.7 Å². The van der Waals surface area contributed by atoms with Crippen LogP contribution in [0.1, 0.15) is 64.0 Å². The molecule has 2 fully saturated rings. The van der Waals surface area contributed by atoms with Crippen LogP contribution >= 0.6 is 0 Å². The third kappa shape index (κ3) is 11.9. The molecule has 5 N–H and O–H groups in total. The third-order valence-electron chi connectivity index (χ3n) is 8.78. The van der Waals surface area contributed by atoms with Gasteiger partial charge in [-0.1, -0.05) is 42.5 Å². The first-order valence-electron chi connectivity index (χ1n) is 17.3. The van der Waals surface area contributed by atoms with Gasteiger partial charge in [-0.3, -0.25) is 19.2 Å². The van der Waals surface area contributed by atoms with Crippen LogP contribution in [0.15, 0.2) is 59.5 Å². The van der Waals surface area contributed by atoms with Crippen LogP contribution in [-0.4, -0.2) is 103 Å². The zero-order valence-corrected chi connectivity index (χ0v) is 31.1. The number of hydrogen-bond donors (Lipinski definition) is 4. The Labute approximate surface area is 309 Å². The molecule has 53 heavy (non-hydrogen) atoms.